The van der Waals surface area contributed by atoms with Gasteiger partial charge in [0.15, 0.2) is 11.5 Å². The molecule has 0 bridgehead atoms. The molecule has 2 aromatic heterocycles. The molecule has 2 rings (SSSR count). The summed E-state index contributed by atoms with van der Waals surface area (Å²) in [5.74, 6) is 1.57. The molecule has 0 unspecified atom stereocenters. The van der Waals surface area contributed by atoms with Crippen molar-refractivity contribution in [1.29, 1.82) is 0 Å². The van der Waals surface area contributed by atoms with Gasteiger partial charge in [-0.2, -0.15) is 0 Å². The summed E-state index contributed by atoms with van der Waals surface area (Å²) in [4.78, 5) is 17.7. The van der Waals surface area contributed by atoms with E-state index in [1.54, 1.807) is 12.7 Å². The second kappa shape index (κ2) is 5.77. The summed E-state index contributed by atoms with van der Waals surface area (Å²) in [5.41, 5.74) is 1.60. The maximum Gasteiger partial charge on any atom is 0.182 e. The number of rotatable bonds is 6. The van der Waals surface area contributed by atoms with E-state index in [1.165, 1.54) is 0 Å². The zero-order valence-electron chi connectivity index (χ0n) is 11.1. The molecular weight excluding hydrogens is 228 g/mol. The Kier molecular flexibility index (Phi) is 4.09. The third-order valence-corrected chi connectivity index (χ3v) is 2.74. The van der Waals surface area contributed by atoms with Gasteiger partial charge in [-0.25, -0.2) is 15.0 Å². The first-order valence-corrected chi connectivity index (χ1v) is 6.24. The lowest BCUT2D eigenvalue weighted by Gasteiger charge is -2.18. The van der Waals surface area contributed by atoms with Gasteiger partial charge in [0.25, 0.3) is 0 Å². The van der Waals surface area contributed by atoms with Crippen molar-refractivity contribution >= 4 is 17.0 Å². The number of nitrogens with zero attached hydrogens (tertiary/aromatic N) is 4. The maximum absolute atomic E-state index is 4.31. The van der Waals surface area contributed by atoms with Crippen molar-refractivity contribution in [3.63, 3.8) is 0 Å². The van der Waals surface area contributed by atoms with Gasteiger partial charge in [-0.3, -0.25) is 0 Å². The van der Waals surface area contributed by atoms with Crippen molar-refractivity contribution in [2.24, 2.45) is 5.92 Å². The van der Waals surface area contributed by atoms with E-state index in [0.717, 1.165) is 31.0 Å². The summed E-state index contributed by atoms with van der Waals surface area (Å²) in [5, 5.41) is 3.42. The summed E-state index contributed by atoms with van der Waals surface area (Å²) < 4.78 is 0. The van der Waals surface area contributed by atoms with Crippen LogP contribution in [0.2, 0.25) is 0 Å². The molecule has 0 amide bonds. The summed E-state index contributed by atoms with van der Waals surface area (Å²) in [7, 11) is 2.03. The number of likely N-dealkylation sites (N-methyl/N-ethyl adjacent to an activating group) is 1. The van der Waals surface area contributed by atoms with E-state index in [4.69, 9.17) is 0 Å². The highest BCUT2D eigenvalue weighted by molar-refractivity contribution is 5.82. The van der Waals surface area contributed by atoms with E-state index >= 15 is 0 Å². The first kappa shape index (κ1) is 12.8. The molecule has 0 aliphatic rings. The van der Waals surface area contributed by atoms with Gasteiger partial charge in [0.1, 0.15) is 11.8 Å². The predicted octanol–water partition coefficient (Wildman–Crippen LogP) is 1.03. The molecule has 98 valence electrons. The molecule has 2 aromatic rings. The average molecular weight is 248 g/mol. The van der Waals surface area contributed by atoms with E-state index in [0.29, 0.717) is 11.6 Å². The minimum Gasteiger partial charge on any atom is -0.357 e. The number of H-pyrrole nitrogens is 1. The van der Waals surface area contributed by atoms with Crippen LogP contribution < -0.4 is 10.2 Å². The van der Waals surface area contributed by atoms with Gasteiger partial charge in [-0.05, 0) is 12.5 Å². The molecule has 0 spiro atoms. The zero-order chi connectivity index (χ0) is 13.0. The fourth-order valence-electron chi connectivity index (χ4n) is 1.79. The Morgan fingerprint density at radius 2 is 2.17 bits per heavy atom. The molecule has 6 nitrogen and oxygen atoms in total. The van der Waals surface area contributed by atoms with Crippen LogP contribution in [-0.4, -0.2) is 46.6 Å². The van der Waals surface area contributed by atoms with Crippen LogP contribution in [0, 0.1) is 5.92 Å². The van der Waals surface area contributed by atoms with E-state index in [9.17, 15) is 0 Å². The maximum atomic E-state index is 4.31. The number of anilines is 1. The number of hydrogen-bond acceptors (Lipinski definition) is 5. The van der Waals surface area contributed by atoms with Crippen LogP contribution in [0.15, 0.2) is 12.7 Å². The lowest BCUT2D eigenvalue weighted by Crippen LogP contribution is -2.31. The van der Waals surface area contributed by atoms with Gasteiger partial charge in [-0.1, -0.05) is 13.8 Å². The van der Waals surface area contributed by atoms with Crippen LogP contribution in [0.4, 0.5) is 5.82 Å². The zero-order valence-corrected chi connectivity index (χ0v) is 11.1. The second-order valence-corrected chi connectivity index (χ2v) is 4.82. The highest BCUT2D eigenvalue weighted by Gasteiger charge is 2.09. The second-order valence-electron chi connectivity index (χ2n) is 4.82. The van der Waals surface area contributed by atoms with E-state index in [2.05, 4.69) is 44.0 Å². The Balaban J connectivity index is 1.96. The molecule has 0 aliphatic heterocycles. The Morgan fingerprint density at radius 1 is 1.33 bits per heavy atom. The number of nitrogens with one attached hydrogen (secondary N) is 2. The molecule has 2 heterocycles. The summed E-state index contributed by atoms with van der Waals surface area (Å²) >= 11 is 0. The Hall–Kier alpha value is -1.69. The molecule has 0 radical (unpaired) electrons. The smallest absolute Gasteiger partial charge is 0.182 e. The topological polar surface area (TPSA) is 69.7 Å². The fourth-order valence-corrected chi connectivity index (χ4v) is 1.79. The molecule has 0 fully saturated rings. The van der Waals surface area contributed by atoms with Gasteiger partial charge >= 0.3 is 0 Å². The minimum absolute atomic E-state index is 0.675. The Morgan fingerprint density at radius 3 is 2.94 bits per heavy atom. The van der Waals surface area contributed by atoms with Crippen molar-refractivity contribution in [3.8, 4) is 0 Å². The Labute approximate surface area is 107 Å². The summed E-state index contributed by atoms with van der Waals surface area (Å²) in [6.07, 6.45) is 3.20. The number of imidazole rings is 1. The van der Waals surface area contributed by atoms with Crippen molar-refractivity contribution in [3.05, 3.63) is 12.7 Å². The molecule has 18 heavy (non-hydrogen) atoms. The highest BCUT2D eigenvalue weighted by Crippen LogP contribution is 2.17. The predicted molar refractivity (Wildman–Crippen MR) is 72.7 cm³/mol. The van der Waals surface area contributed by atoms with Gasteiger partial charge in [0.05, 0.1) is 6.33 Å². The highest BCUT2D eigenvalue weighted by atomic mass is 15.2. The summed E-state index contributed by atoms with van der Waals surface area (Å²) in [6, 6.07) is 0. The normalized spacial score (nSPS) is 11.3. The van der Waals surface area contributed by atoms with Gasteiger partial charge in [-0.15, -0.1) is 0 Å². The number of aromatic amines is 1. The molecule has 0 aromatic carbocycles. The molecular formula is C12H20N6. The van der Waals surface area contributed by atoms with E-state index < -0.39 is 0 Å². The minimum atomic E-state index is 0.675. The largest absolute Gasteiger partial charge is 0.357 e. The third-order valence-electron chi connectivity index (χ3n) is 2.74. The van der Waals surface area contributed by atoms with E-state index in [-0.39, 0.29) is 0 Å². The van der Waals surface area contributed by atoms with Crippen LogP contribution in [-0.2, 0) is 0 Å². The molecule has 0 atom stereocenters. The molecule has 0 saturated carbocycles. The Bertz CT molecular complexity index is 492. The molecule has 0 aliphatic carbocycles. The SMILES string of the molecule is CC(C)CNCCN(C)c1ncnc2nc[nH]c12. The van der Waals surface area contributed by atoms with Crippen molar-refractivity contribution in [1.82, 2.24) is 25.3 Å². The third kappa shape index (κ3) is 2.95. The summed E-state index contributed by atoms with van der Waals surface area (Å²) in [6.45, 7) is 7.29. The quantitative estimate of drug-likeness (QED) is 0.747. The molecule has 2 N–H and O–H groups in total. The first-order chi connectivity index (χ1) is 8.68. The van der Waals surface area contributed by atoms with Crippen LogP contribution in [0.3, 0.4) is 0 Å². The average Bonchev–Trinajstić information content (AvgIpc) is 2.82. The van der Waals surface area contributed by atoms with Crippen molar-refractivity contribution < 1.29 is 0 Å². The van der Waals surface area contributed by atoms with Crippen molar-refractivity contribution in [2.45, 2.75) is 13.8 Å². The van der Waals surface area contributed by atoms with Gasteiger partial charge < -0.3 is 15.2 Å². The van der Waals surface area contributed by atoms with Crippen molar-refractivity contribution in [2.75, 3.05) is 31.6 Å². The number of hydrogen-bond donors (Lipinski definition) is 2. The van der Waals surface area contributed by atoms with Crippen LogP contribution in [0.25, 0.3) is 11.2 Å². The van der Waals surface area contributed by atoms with Gasteiger partial charge in [0, 0.05) is 20.1 Å². The lowest BCUT2D eigenvalue weighted by atomic mass is 10.2. The number of fused-ring (bicyclic) bond motifs is 1. The van der Waals surface area contributed by atoms with E-state index in [1.807, 2.05) is 7.05 Å². The fraction of sp³-hybridized carbons (Fsp3) is 0.583. The first-order valence-electron chi connectivity index (χ1n) is 6.24. The monoisotopic (exact) mass is 248 g/mol. The number of aromatic nitrogens is 4. The van der Waals surface area contributed by atoms with Crippen LogP contribution >= 0.6 is 0 Å². The van der Waals surface area contributed by atoms with Gasteiger partial charge in [0.2, 0.25) is 0 Å². The lowest BCUT2D eigenvalue weighted by molar-refractivity contribution is 0.554. The molecule has 6 heteroatoms. The van der Waals surface area contributed by atoms with Crippen LogP contribution in [0.5, 0.6) is 0 Å². The molecule has 0 saturated heterocycles. The standard InChI is InChI=1S/C12H20N6/c1-9(2)6-13-4-5-18(3)12-10-11(15-7-14-10)16-8-17-12/h7-9,13H,4-6H2,1-3H3,(H,14,15,16,17). The van der Waals surface area contributed by atoms with Crippen LogP contribution in [0.1, 0.15) is 13.8 Å².